The van der Waals surface area contributed by atoms with Gasteiger partial charge in [0.05, 0.1) is 6.61 Å². The minimum atomic E-state index is -0.332. The van der Waals surface area contributed by atoms with E-state index in [-0.39, 0.29) is 41.6 Å². The van der Waals surface area contributed by atoms with Gasteiger partial charge in [0.2, 0.25) is 0 Å². The molecule has 5 heteroatoms. The van der Waals surface area contributed by atoms with Gasteiger partial charge in [-0.05, 0) is 25.7 Å². The summed E-state index contributed by atoms with van der Waals surface area (Å²) in [7, 11) is 0. The maximum Gasteiger partial charge on any atom is 0.303 e. The van der Waals surface area contributed by atoms with Crippen molar-refractivity contribution in [3.63, 3.8) is 0 Å². The first-order chi connectivity index (χ1) is 8.99. The van der Waals surface area contributed by atoms with E-state index in [2.05, 4.69) is 0 Å². The van der Waals surface area contributed by atoms with Crippen LogP contribution in [0.1, 0.15) is 39.5 Å². The second kappa shape index (κ2) is 4.20. The summed E-state index contributed by atoms with van der Waals surface area (Å²) in [5.74, 6) is -0.618. The lowest BCUT2D eigenvalue weighted by Crippen LogP contribution is -2.53. The molecule has 0 aromatic carbocycles. The van der Waals surface area contributed by atoms with E-state index in [0.29, 0.717) is 6.61 Å². The molecule has 3 rings (SSSR count). The summed E-state index contributed by atoms with van der Waals surface area (Å²) in [6.07, 6.45) is 3.91. The van der Waals surface area contributed by atoms with E-state index in [4.69, 9.17) is 14.2 Å². The Balaban J connectivity index is 1.76. The van der Waals surface area contributed by atoms with Gasteiger partial charge in [-0.3, -0.25) is 9.59 Å². The fourth-order valence-electron chi connectivity index (χ4n) is 3.60. The van der Waals surface area contributed by atoms with E-state index < -0.39 is 0 Å². The predicted molar refractivity (Wildman–Crippen MR) is 65.3 cm³/mol. The van der Waals surface area contributed by atoms with Crippen LogP contribution in [0.4, 0.5) is 0 Å². The van der Waals surface area contributed by atoms with E-state index in [1.54, 1.807) is 0 Å². The third kappa shape index (κ3) is 2.04. The number of hydrogen-bond donors (Lipinski definition) is 0. The molecule has 0 aromatic rings. The summed E-state index contributed by atoms with van der Waals surface area (Å²) in [5, 5.41) is 0. The Labute approximate surface area is 112 Å². The van der Waals surface area contributed by atoms with E-state index in [1.807, 2.05) is 0 Å². The average molecular weight is 268 g/mol. The summed E-state index contributed by atoms with van der Waals surface area (Å²) in [4.78, 5) is 22.3. The molecule has 0 unspecified atom stereocenters. The highest BCUT2D eigenvalue weighted by Gasteiger charge is 2.73. The number of esters is 2. The molecule has 2 aliphatic carbocycles. The summed E-state index contributed by atoms with van der Waals surface area (Å²) >= 11 is 0. The highest BCUT2D eigenvalue weighted by atomic mass is 16.6. The van der Waals surface area contributed by atoms with Gasteiger partial charge in [0.15, 0.2) is 0 Å². The molecule has 19 heavy (non-hydrogen) atoms. The predicted octanol–water partition coefficient (Wildman–Crippen LogP) is 1.44. The number of carbonyl (C=O) groups excluding carboxylic acids is 2. The Kier molecular flexibility index (Phi) is 2.85. The lowest BCUT2D eigenvalue weighted by atomic mass is 9.77. The second-order valence-corrected chi connectivity index (χ2v) is 6.12. The zero-order valence-corrected chi connectivity index (χ0v) is 11.4. The molecule has 0 bridgehead atoms. The quantitative estimate of drug-likeness (QED) is 0.725. The van der Waals surface area contributed by atoms with Crippen molar-refractivity contribution in [1.82, 2.24) is 0 Å². The number of fused-ring (bicyclic) bond motifs is 1. The fraction of sp³-hybridized carbons (Fsp3) is 0.857. The third-order valence-electron chi connectivity index (χ3n) is 4.90. The van der Waals surface area contributed by atoms with Gasteiger partial charge in [0.25, 0.3) is 0 Å². The second-order valence-electron chi connectivity index (χ2n) is 6.12. The Hall–Kier alpha value is -1.10. The number of carbonyl (C=O) groups is 2. The summed E-state index contributed by atoms with van der Waals surface area (Å²) < 4.78 is 16.4. The Morgan fingerprint density at radius 3 is 2.32 bits per heavy atom. The van der Waals surface area contributed by atoms with Crippen molar-refractivity contribution in [2.75, 3.05) is 13.2 Å². The minimum absolute atomic E-state index is 0.0851. The van der Waals surface area contributed by atoms with Crippen LogP contribution in [0.5, 0.6) is 0 Å². The van der Waals surface area contributed by atoms with Crippen LogP contribution in [0.3, 0.4) is 0 Å². The molecular formula is C14H20O5. The van der Waals surface area contributed by atoms with Crippen molar-refractivity contribution in [2.24, 2.45) is 10.8 Å². The van der Waals surface area contributed by atoms with Crippen LogP contribution in [0, 0.1) is 10.8 Å². The van der Waals surface area contributed by atoms with Crippen molar-refractivity contribution in [3.05, 3.63) is 0 Å². The monoisotopic (exact) mass is 268 g/mol. The Bertz CT molecular complexity index is 408. The zero-order chi connectivity index (χ0) is 13.7. The molecule has 3 fully saturated rings. The molecule has 1 aliphatic heterocycles. The first-order valence-electron chi connectivity index (χ1n) is 6.91. The van der Waals surface area contributed by atoms with Crippen LogP contribution < -0.4 is 0 Å². The van der Waals surface area contributed by atoms with Crippen molar-refractivity contribution in [2.45, 2.75) is 51.7 Å². The van der Waals surface area contributed by atoms with Crippen molar-refractivity contribution in [1.29, 1.82) is 0 Å². The van der Waals surface area contributed by atoms with Crippen LogP contribution in [0.25, 0.3) is 0 Å². The summed E-state index contributed by atoms with van der Waals surface area (Å²) in [6.45, 7) is 3.67. The van der Waals surface area contributed by atoms with E-state index in [1.165, 1.54) is 13.8 Å². The van der Waals surface area contributed by atoms with Crippen LogP contribution in [-0.2, 0) is 23.8 Å². The molecule has 2 atom stereocenters. The highest BCUT2D eigenvalue weighted by Crippen LogP contribution is 2.74. The lowest BCUT2D eigenvalue weighted by Gasteiger charge is -2.43. The molecule has 3 aliphatic rings. The van der Waals surface area contributed by atoms with Gasteiger partial charge in [-0.25, -0.2) is 0 Å². The number of rotatable bonds is 3. The third-order valence-corrected chi connectivity index (χ3v) is 4.90. The fourth-order valence-corrected chi connectivity index (χ4v) is 3.60. The molecule has 1 heterocycles. The smallest absolute Gasteiger partial charge is 0.303 e. The maximum atomic E-state index is 11.4. The van der Waals surface area contributed by atoms with E-state index >= 15 is 0 Å². The van der Waals surface area contributed by atoms with Gasteiger partial charge < -0.3 is 14.2 Å². The van der Waals surface area contributed by atoms with Gasteiger partial charge in [-0.1, -0.05) is 0 Å². The van der Waals surface area contributed by atoms with Crippen molar-refractivity contribution < 1.29 is 23.8 Å². The van der Waals surface area contributed by atoms with Crippen LogP contribution >= 0.6 is 0 Å². The van der Waals surface area contributed by atoms with Crippen LogP contribution in [0.15, 0.2) is 0 Å². The summed E-state index contributed by atoms with van der Waals surface area (Å²) in [5.41, 5.74) is 0.307. The molecule has 0 radical (unpaired) electrons. The van der Waals surface area contributed by atoms with Crippen molar-refractivity contribution in [3.8, 4) is 0 Å². The van der Waals surface area contributed by atoms with Gasteiger partial charge >= 0.3 is 11.9 Å². The van der Waals surface area contributed by atoms with Gasteiger partial charge in [-0.15, -0.1) is 0 Å². The SMILES string of the molecule is CC(=O)OC[C@@H]1OCC2(CC2)C2(CC2)[C@@H]1OC(C)=O. The highest BCUT2D eigenvalue weighted by molar-refractivity contribution is 5.67. The van der Waals surface area contributed by atoms with Gasteiger partial charge in [0, 0.05) is 24.7 Å². The standard InChI is InChI=1S/C14H20O5/c1-9(15)17-7-11-12(19-10(2)16)14(5-6-14)13(3-4-13)8-18-11/h11-12H,3-8H2,1-2H3/t11-,12+/m0/s1. The maximum absolute atomic E-state index is 11.4. The van der Waals surface area contributed by atoms with Gasteiger partial charge in [0.1, 0.15) is 18.8 Å². The minimum Gasteiger partial charge on any atom is -0.463 e. The van der Waals surface area contributed by atoms with Crippen LogP contribution in [-0.4, -0.2) is 37.4 Å². The normalized spacial score (nSPS) is 32.9. The Morgan fingerprint density at radius 2 is 1.84 bits per heavy atom. The first kappa shape index (κ1) is 12.9. The van der Waals surface area contributed by atoms with E-state index in [9.17, 15) is 9.59 Å². The molecule has 1 saturated heterocycles. The largest absolute Gasteiger partial charge is 0.463 e. The topological polar surface area (TPSA) is 61.8 Å². The molecule has 0 N–H and O–H groups in total. The lowest BCUT2D eigenvalue weighted by molar-refractivity contribution is -0.199. The Morgan fingerprint density at radius 1 is 1.16 bits per heavy atom. The molecule has 0 amide bonds. The molecular weight excluding hydrogens is 248 g/mol. The summed E-state index contributed by atoms with van der Waals surface area (Å²) in [6, 6.07) is 0. The molecule has 5 nitrogen and oxygen atoms in total. The first-order valence-corrected chi connectivity index (χ1v) is 6.91. The van der Waals surface area contributed by atoms with E-state index in [0.717, 1.165) is 25.7 Å². The van der Waals surface area contributed by atoms with Gasteiger partial charge in [-0.2, -0.15) is 0 Å². The molecule has 2 spiro atoms. The number of hydrogen-bond acceptors (Lipinski definition) is 5. The zero-order valence-electron chi connectivity index (χ0n) is 11.4. The molecule has 0 aromatic heterocycles. The van der Waals surface area contributed by atoms with Crippen LogP contribution in [0.2, 0.25) is 0 Å². The van der Waals surface area contributed by atoms with Crippen molar-refractivity contribution >= 4 is 11.9 Å². The number of ether oxygens (including phenoxy) is 3. The average Bonchev–Trinajstić information content (AvgIpc) is 3.19. The molecule has 2 saturated carbocycles. The molecule has 106 valence electrons.